The van der Waals surface area contributed by atoms with Gasteiger partial charge < -0.3 is 0 Å². The summed E-state index contributed by atoms with van der Waals surface area (Å²) in [6.45, 7) is 10.7. The largest absolute Gasteiger partial charge is 0.298 e. The van der Waals surface area contributed by atoms with Gasteiger partial charge in [-0.3, -0.25) is 9.80 Å². The molecule has 0 aromatic carbocycles. The number of nitrogens with zero attached hydrogens (tertiary/aromatic N) is 2. The molecule has 1 aliphatic heterocycles. The number of fused-ring (bicyclic) bond motifs is 1. The average molecular weight is 168 g/mol. The standard InChI is InChI=1S/C10H20N2/c1-4-11-5-6-12(8(2)3)10-7-9(10)11/h8-10H,4-7H2,1-3H3. The van der Waals surface area contributed by atoms with Gasteiger partial charge in [-0.25, -0.2) is 0 Å². The van der Waals surface area contributed by atoms with Crippen molar-refractivity contribution in [1.82, 2.24) is 9.80 Å². The molecule has 12 heavy (non-hydrogen) atoms. The predicted molar refractivity (Wildman–Crippen MR) is 51.3 cm³/mol. The van der Waals surface area contributed by atoms with Gasteiger partial charge in [0.05, 0.1) is 0 Å². The second-order valence-corrected chi connectivity index (χ2v) is 4.33. The summed E-state index contributed by atoms with van der Waals surface area (Å²) < 4.78 is 0. The van der Waals surface area contributed by atoms with Crippen LogP contribution in [0.2, 0.25) is 0 Å². The highest BCUT2D eigenvalue weighted by molar-refractivity contribution is 5.06. The van der Waals surface area contributed by atoms with Crippen LogP contribution < -0.4 is 0 Å². The third-order valence-electron chi connectivity index (χ3n) is 3.33. The van der Waals surface area contributed by atoms with E-state index >= 15 is 0 Å². The molecule has 0 amide bonds. The smallest absolute Gasteiger partial charge is 0.0270 e. The van der Waals surface area contributed by atoms with E-state index in [9.17, 15) is 0 Å². The van der Waals surface area contributed by atoms with Crippen LogP contribution in [0.15, 0.2) is 0 Å². The topological polar surface area (TPSA) is 6.48 Å². The van der Waals surface area contributed by atoms with Crippen LogP contribution in [0.3, 0.4) is 0 Å². The van der Waals surface area contributed by atoms with E-state index in [2.05, 4.69) is 30.6 Å². The van der Waals surface area contributed by atoms with Gasteiger partial charge in [0.2, 0.25) is 0 Å². The molecular formula is C10H20N2. The summed E-state index contributed by atoms with van der Waals surface area (Å²) in [6, 6.07) is 2.56. The van der Waals surface area contributed by atoms with Crippen molar-refractivity contribution in [3.8, 4) is 0 Å². The van der Waals surface area contributed by atoms with E-state index < -0.39 is 0 Å². The van der Waals surface area contributed by atoms with Crippen LogP contribution in [0.1, 0.15) is 27.2 Å². The Hall–Kier alpha value is -0.0800. The van der Waals surface area contributed by atoms with E-state index in [1.807, 2.05) is 0 Å². The van der Waals surface area contributed by atoms with Gasteiger partial charge in [-0.15, -0.1) is 0 Å². The van der Waals surface area contributed by atoms with Gasteiger partial charge >= 0.3 is 0 Å². The maximum atomic E-state index is 2.66. The van der Waals surface area contributed by atoms with Crippen LogP contribution in [-0.4, -0.2) is 47.6 Å². The Morgan fingerprint density at radius 1 is 1.25 bits per heavy atom. The minimum Gasteiger partial charge on any atom is -0.298 e. The lowest BCUT2D eigenvalue weighted by Crippen LogP contribution is -2.48. The summed E-state index contributed by atoms with van der Waals surface area (Å²) >= 11 is 0. The molecule has 70 valence electrons. The molecule has 1 heterocycles. The zero-order valence-electron chi connectivity index (χ0n) is 8.45. The molecule has 0 bridgehead atoms. The van der Waals surface area contributed by atoms with Crippen LogP contribution in [0.25, 0.3) is 0 Å². The molecule has 2 atom stereocenters. The molecule has 2 nitrogen and oxygen atoms in total. The van der Waals surface area contributed by atoms with Crippen molar-refractivity contribution < 1.29 is 0 Å². The van der Waals surface area contributed by atoms with Gasteiger partial charge in [-0.1, -0.05) is 6.92 Å². The normalized spacial score (nSPS) is 37.0. The molecule has 1 aliphatic carbocycles. The van der Waals surface area contributed by atoms with Crippen LogP contribution >= 0.6 is 0 Å². The van der Waals surface area contributed by atoms with Crippen molar-refractivity contribution >= 4 is 0 Å². The highest BCUT2D eigenvalue weighted by Crippen LogP contribution is 2.37. The first-order chi connectivity index (χ1) is 5.74. The van der Waals surface area contributed by atoms with Gasteiger partial charge in [-0.05, 0) is 26.8 Å². The van der Waals surface area contributed by atoms with Crippen LogP contribution in [-0.2, 0) is 0 Å². The zero-order valence-corrected chi connectivity index (χ0v) is 8.45. The van der Waals surface area contributed by atoms with Crippen molar-refractivity contribution in [3.05, 3.63) is 0 Å². The summed E-state index contributed by atoms with van der Waals surface area (Å²) in [5, 5.41) is 0. The first-order valence-electron chi connectivity index (χ1n) is 5.23. The lowest BCUT2D eigenvalue weighted by atomic mass is 10.2. The molecule has 0 spiro atoms. The number of hydrogen-bond acceptors (Lipinski definition) is 2. The Morgan fingerprint density at radius 3 is 2.58 bits per heavy atom. The van der Waals surface area contributed by atoms with E-state index in [0.717, 1.165) is 18.1 Å². The highest BCUT2D eigenvalue weighted by Gasteiger charge is 2.48. The Morgan fingerprint density at radius 2 is 2.00 bits per heavy atom. The molecule has 1 saturated heterocycles. The minimum absolute atomic E-state index is 0.749. The number of hydrogen-bond donors (Lipinski definition) is 0. The number of piperazine rings is 1. The van der Waals surface area contributed by atoms with Gasteiger partial charge in [0.15, 0.2) is 0 Å². The summed E-state index contributed by atoms with van der Waals surface area (Å²) in [5.74, 6) is 0. The van der Waals surface area contributed by atoms with Gasteiger partial charge in [0.1, 0.15) is 0 Å². The van der Waals surface area contributed by atoms with Crippen LogP contribution in [0.4, 0.5) is 0 Å². The molecular weight excluding hydrogens is 148 g/mol. The molecule has 2 aliphatic rings. The van der Waals surface area contributed by atoms with Crippen molar-refractivity contribution in [2.75, 3.05) is 19.6 Å². The van der Waals surface area contributed by atoms with Crippen molar-refractivity contribution in [1.29, 1.82) is 0 Å². The molecule has 1 saturated carbocycles. The molecule has 0 radical (unpaired) electrons. The molecule has 2 rings (SSSR count). The second kappa shape index (κ2) is 3.00. The quantitative estimate of drug-likeness (QED) is 0.611. The van der Waals surface area contributed by atoms with Crippen molar-refractivity contribution in [2.45, 2.75) is 45.3 Å². The Kier molecular flexibility index (Phi) is 2.13. The average Bonchev–Trinajstić information content (AvgIpc) is 2.80. The van der Waals surface area contributed by atoms with Gasteiger partial charge in [0, 0.05) is 31.2 Å². The van der Waals surface area contributed by atoms with E-state index in [-0.39, 0.29) is 0 Å². The van der Waals surface area contributed by atoms with Crippen LogP contribution in [0, 0.1) is 0 Å². The Balaban J connectivity index is 1.94. The third kappa shape index (κ3) is 1.27. The number of rotatable bonds is 2. The fourth-order valence-electron chi connectivity index (χ4n) is 2.53. The van der Waals surface area contributed by atoms with Crippen molar-refractivity contribution in [3.63, 3.8) is 0 Å². The Labute approximate surface area is 75.5 Å². The predicted octanol–water partition coefficient (Wildman–Crippen LogP) is 1.17. The first-order valence-corrected chi connectivity index (χ1v) is 5.23. The van der Waals surface area contributed by atoms with E-state index in [1.54, 1.807) is 0 Å². The summed E-state index contributed by atoms with van der Waals surface area (Å²) in [6.07, 6.45) is 1.42. The molecule has 2 fully saturated rings. The second-order valence-electron chi connectivity index (χ2n) is 4.33. The molecule has 2 heteroatoms. The number of likely N-dealkylation sites (N-methyl/N-ethyl adjacent to an activating group) is 1. The third-order valence-corrected chi connectivity index (χ3v) is 3.33. The van der Waals surface area contributed by atoms with E-state index in [0.29, 0.717) is 0 Å². The van der Waals surface area contributed by atoms with E-state index in [1.165, 1.54) is 26.1 Å². The lowest BCUT2D eigenvalue weighted by Gasteiger charge is -2.35. The first kappa shape index (κ1) is 8.52. The Bertz CT molecular complexity index is 167. The summed E-state index contributed by atoms with van der Waals surface area (Å²) in [7, 11) is 0. The molecule has 0 aromatic heterocycles. The van der Waals surface area contributed by atoms with Crippen LogP contribution in [0.5, 0.6) is 0 Å². The molecule has 0 aromatic rings. The molecule has 0 N–H and O–H groups in total. The van der Waals surface area contributed by atoms with Gasteiger partial charge in [-0.2, -0.15) is 0 Å². The zero-order chi connectivity index (χ0) is 8.72. The molecule has 2 unspecified atom stereocenters. The summed E-state index contributed by atoms with van der Waals surface area (Å²) in [4.78, 5) is 5.29. The monoisotopic (exact) mass is 168 g/mol. The van der Waals surface area contributed by atoms with E-state index in [4.69, 9.17) is 0 Å². The fraction of sp³-hybridized carbons (Fsp3) is 1.00. The van der Waals surface area contributed by atoms with Crippen molar-refractivity contribution in [2.24, 2.45) is 0 Å². The summed E-state index contributed by atoms with van der Waals surface area (Å²) in [5.41, 5.74) is 0. The lowest BCUT2D eigenvalue weighted by molar-refractivity contribution is 0.108. The fourth-order valence-corrected chi connectivity index (χ4v) is 2.53. The van der Waals surface area contributed by atoms with Gasteiger partial charge in [0.25, 0.3) is 0 Å². The maximum absolute atomic E-state index is 2.66. The SMILES string of the molecule is CCN1CCN(C(C)C)C2CC21. The minimum atomic E-state index is 0.749. The highest BCUT2D eigenvalue weighted by atomic mass is 15.4. The maximum Gasteiger partial charge on any atom is 0.0270 e.